The molecule has 2 saturated heterocycles. The van der Waals surface area contributed by atoms with Crippen LogP contribution in [0.25, 0.3) is 0 Å². The molecule has 0 spiro atoms. The van der Waals surface area contributed by atoms with E-state index in [1.165, 1.54) is 0 Å². The van der Waals surface area contributed by atoms with Gasteiger partial charge in [0.15, 0.2) is 0 Å². The minimum absolute atomic E-state index is 0.243. The third-order valence-corrected chi connectivity index (χ3v) is 3.93. The Hall–Kier alpha value is -2.35. The molecule has 2 aliphatic heterocycles. The molecule has 118 valence electrons. The van der Waals surface area contributed by atoms with Crippen LogP contribution in [-0.2, 0) is 4.79 Å². The van der Waals surface area contributed by atoms with Crippen LogP contribution < -0.4 is 20.9 Å². The second-order valence-electron chi connectivity index (χ2n) is 5.59. The molecule has 3 amide bonds. The van der Waals surface area contributed by atoms with Crippen molar-refractivity contribution in [3.8, 4) is 0 Å². The van der Waals surface area contributed by atoms with Crippen molar-refractivity contribution in [3.05, 3.63) is 18.3 Å². The lowest BCUT2D eigenvalue weighted by Gasteiger charge is -2.33. The number of urea groups is 1. The predicted octanol–water partition coefficient (Wildman–Crippen LogP) is -0.547. The van der Waals surface area contributed by atoms with Gasteiger partial charge in [-0.3, -0.25) is 4.79 Å². The summed E-state index contributed by atoms with van der Waals surface area (Å²) in [6.07, 6.45) is 1.65. The van der Waals surface area contributed by atoms with E-state index in [0.717, 1.165) is 32.0 Å². The fraction of sp³-hybridized carbons (Fsp3) is 0.500. The van der Waals surface area contributed by atoms with Crippen molar-refractivity contribution in [1.82, 2.24) is 20.5 Å². The topological polar surface area (TPSA) is 89.6 Å². The summed E-state index contributed by atoms with van der Waals surface area (Å²) in [4.78, 5) is 31.9. The molecule has 0 aromatic carbocycles. The van der Waals surface area contributed by atoms with Crippen LogP contribution in [0.2, 0.25) is 0 Å². The molecule has 8 nitrogen and oxygen atoms in total. The van der Waals surface area contributed by atoms with Gasteiger partial charge in [0.1, 0.15) is 11.9 Å². The first-order chi connectivity index (χ1) is 10.6. The summed E-state index contributed by atoms with van der Waals surface area (Å²) in [5, 5.41) is 7.86. The molecule has 3 heterocycles. The number of pyridine rings is 1. The van der Waals surface area contributed by atoms with E-state index in [0.29, 0.717) is 12.2 Å². The summed E-state index contributed by atoms with van der Waals surface area (Å²) in [6.45, 7) is 4.25. The third kappa shape index (κ3) is 3.28. The van der Waals surface area contributed by atoms with Gasteiger partial charge < -0.3 is 25.8 Å². The zero-order chi connectivity index (χ0) is 15.5. The number of nitrogens with zero attached hydrogens (tertiary/aromatic N) is 3. The van der Waals surface area contributed by atoms with Crippen molar-refractivity contribution in [3.63, 3.8) is 0 Å². The van der Waals surface area contributed by atoms with E-state index in [4.69, 9.17) is 0 Å². The Morgan fingerprint density at radius 2 is 2.09 bits per heavy atom. The number of likely N-dealkylation sites (N-methyl/N-ethyl adjacent to an activating group) is 1. The molecule has 3 rings (SSSR count). The molecule has 1 aromatic heterocycles. The van der Waals surface area contributed by atoms with Crippen molar-refractivity contribution in [1.29, 1.82) is 0 Å². The minimum atomic E-state index is -0.537. The van der Waals surface area contributed by atoms with Crippen LogP contribution >= 0.6 is 0 Å². The molecular weight excluding hydrogens is 284 g/mol. The molecule has 1 atom stereocenters. The van der Waals surface area contributed by atoms with Gasteiger partial charge in [-0.1, -0.05) is 0 Å². The zero-order valence-electron chi connectivity index (χ0n) is 12.5. The second-order valence-corrected chi connectivity index (χ2v) is 5.59. The number of aromatic nitrogens is 1. The number of hydrogen-bond donors (Lipinski definition) is 3. The summed E-state index contributed by atoms with van der Waals surface area (Å²) in [6, 6.07) is 2.89. The van der Waals surface area contributed by atoms with Gasteiger partial charge in [0.2, 0.25) is 5.91 Å². The number of nitrogens with one attached hydrogen (secondary N) is 3. The van der Waals surface area contributed by atoms with Crippen molar-refractivity contribution in [2.75, 3.05) is 50.0 Å². The fourth-order valence-corrected chi connectivity index (χ4v) is 2.53. The smallest absolute Gasteiger partial charge is 0.315 e. The fourth-order valence-electron chi connectivity index (χ4n) is 2.53. The van der Waals surface area contributed by atoms with Gasteiger partial charge in [-0.15, -0.1) is 0 Å². The summed E-state index contributed by atoms with van der Waals surface area (Å²) >= 11 is 0. The zero-order valence-corrected chi connectivity index (χ0v) is 12.5. The molecule has 1 unspecified atom stereocenters. The van der Waals surface area contributed by atoms with Crippen molar-refractivity contribution in [2.45, 2.75) is 6.04 Å². The predicted molar refractivity (Wildman–Crippen MR) is 82.9 cm³/mol. The van der Waals surface area contributed by atoms with Gasteiger partial charge in [-0.25, -0.2) is 9.78 Å². The maximum absolute atomic E-state index is 12.0. The number of rotatable bonds is 3. The average molecular weight is 304 g/mol. The molecule has 3 N–H and O–H groups in total. The molecule has 0 aliphatic carbocycles. The highest BCUT2D eigenvalue weighted by molar-refractivity contribution is 5.98. The largest absolute Gasteiger partial charge is 0.354 e. The van der Waals surface area contributed by atoms with Gasteiger partial charge >= 0.3 is 6.03 Å². The number of piperazine rings is 1. The second kappa shape index (κ2) is 6.18. The molecule has 1 aromatic rings. The van der Waals surface area contributed by atoms with E-state index < -0.39 is 6.04 Å². The van der Waals surface area contributed by atoms with E-state index in [-0.39, 0.29) is 11.9 Å². The molecule has 0 bridgehead atoms. The number of anilines is 2. The Kier molecular flexibility index (Phi) is 4.10. The Balaban J connectivity index is 1.57. The van der Waals surface area contributed by atoms with E-state index in [9.17, 15) is 9.59 Å². The first-order valence-corrected chi connectivity index (χ1v) is 7.36. The Morgan fingerprint density at radius 1 is 1.32 bits per heavy atom. The minimum Gasteiger partial charge on any atom is -0.354 e. The molecule has 0 radical (unpaired) electrons. The number of amides is 3. The number of hydrogen-bond acceptors (Lipinski definition) is 5. The summed E-state index contributed by atoms with van der Waals surface area (Å²) < 4.78 is 0. The molecule has 0 saturated carbocycles. The van der Waals surface area contributed by atoms with E-state index in [2.05, 4.69) is 37.8 Å². The Labute approximate surface area is 128 Å². The van der Waals surface area contributed by atoms with Crippen LogP contribution in [0.4, 0.5) is 16.3 Å². The van der Waals surface area contributed by atoms with Gasteiger partial charge in [0, 0.05) is 32.7 Å². The molecule has 8 heteroatoms. The van der Waals surface area contributed by atoms with Crippen LogP contribution in [0.5, 0.6) is 0 Å². The first kappa shape index (κ1) is 14.6. The molecule has 2 fully saturated rings. The summed E-state index contributed by atoms with van der Waals surface area (Å²) in [7, 11) is 2.11. The molecule has 2 aliphatic rings. The van der Waals surface area contributed by atoms with Gasteiger partial charge in [0.05, 0.1) is 11.9 Å². The lowest BCUT2D eigenvalue weighted by Crippen LogP contribution is -2.44. The average Bonchev–Trinajstić information content (AvgIpc) is 2.96. The van der Waals surface area contributed by atoms with Gasteiger partial charge in [-0.2, -0.15) is 0 Å². The summed E-state index contributed by atoms with van der Waals surface area (Å²) in [5.41, 5.74) is 0.629. The highest BCUT2D eigenvalue weighted by atomic mass is 16.2. The molecular formula is C14H20N6O2. The summed E-state index contributed by atoms with van der Waals surface area (Å²) in [5.74, 6) is 0.675. The maximum atomic E-state index is 12.0. The van der Waals surface area contributed by atoms with Crippen LogP contribution in [0.1, 0.15) is 0 Å². The normalized spacial score (nSPS) is 22.1. The number of carbonyl (C=O) groups is 2. The van der Waals surface area contributed by atoms with Gasteiger partial charge in [0.25, 0.3) is 0 Å². The van der Waals surface area contributed by atoms with E-state index in [1.54, 1.807) is 6.20 Å². The monoisotopic (exact) mass is 304 g/mol. The Bertz CT molecular complexity index is 553. The lowest BCUT2D eigenvalue weighted by molar-refractivity contribution is -0.117. The quantitative estimate of drug-likeness (QED) is 0.697. The van der Waals surface area contributed by atoms with Crippen LogP contribution in [0.3, 0.4) is 0 Å². The van der Waals surface area contributed by atoms with Crippen LogP contribution in [-0.4, -0.2) is 67.6 Å². The van der Waals surface area contributed by atoms with Gasteiger partial charge in [-0.05, 0) is 19.2 Å². The lowest BCUT2D eigenvalue weighted by atomic mass is 10.2. The Morgan fingerprint density at radius 3 is 2.68 bits per heavy atom. The maximum Gasteiger partial charge on any atom is 0.315 e. The SMILES string of the molecule is CN1CCN(c2ccc(NC(=O)C3CNC(=O)N3)cn2)CC1. The van der Waals surface area contributed by atoms with Crippen molar-refractivity contribution < 1.29 is 9.59 Å². The highest BCUT2D eigenvalue weighted by Gasteiger charge is 2.26. The van der Waals surface area contributed by atoms with Crippen LogP contribution in [0, 0.1) is 0 Å². The van der Waals surface area contributed by atoms with Crippen molar-refractivity contribution in [2.24, 2.45) is 0 Å². The standard InChI is InChI=1S/C14H20N6O2/c1-19-4-6-20(7-5-19)12-3-2-10(8-15-12)17-13(21)11-9-16-14(22)18-11/h2-3,8,11H,4-7,9H2,1H3,(H,17,21)(H2,16,18,22). The highest BCUT2D eigenvalue weighted by Crippen LogP contribution is 2.16. The molecule has 22 heavy (non-hydrogen) atoms. The van der Waals surface area contributed by atoms with E-state index in [1.807, 2.05) is 12.1 Å². The first-order valence-electron chi connectivity index (χ1n) is 7.36. The number of carbonyl (C=O) groups excluding carboxylic acids is 2. The third-order valence-electron chi connectivity index (χ3n) is 3.93. The van der Waals surface area contributed by atoms with Crippen LogP contribution in [0.15, 0.2) is 18.3 Å². The van der Waals surface area contributed by atoms with E-state index >= 15 is 0 Å². The van der Waals surface area contributed by atoms with Crippen molar-refractivity contribution >= 4 is 23.4 Å².